The van der Waals surface area contributed by atoms with Crippen LogP contribution in [0.1, 0.15) is 64.7 Å². The first-order valence-electron chi connectivity index (χ1n) is 9.91. The van der Waals surface area contributed by atoms with Crippen LogP contribution in [-0.2, 0) is 14.2 Å². The second kappa shape index (κ2) is 10.7. The number of carbonyl (C=O) groups excluding carboxylic acids is 3. The van der Waals surface area contributed by atoms with Gasteiger partial charge in [-0.25, -0.2) is 14.4 Å². The molecule has 0 heterocycles. The third-order valence-electron chi connectivity index (χ3n) is 3.70. The monoisotopic (exact) mass is 438 g/mol. The second-order valence-electron chi connectivity index (χ2n) is 8.47. The third-order valence-corrected chi connectivity index (χ3v) is 3.70. The molecule has 1 rings (SSSR count). The lowest BCUT2D eigenvalue weighted by Gasteiger charge is -2.28. The van der Waals surface area contributed by atoms with Crippen LogP contribution in [0.15, 0.2) is 24.3 Å². The molecule has 1 aromatic rings. The molecule has 31 heavy (non-hydrogen) atoms. The summed E-state index contributed by atoms with van der Waals surface area (Å²) < 4.78 is 15.7. The Morgan fingerprint density at radius 3 is 2.23 bits per heavy atom. The van der Waals surface area contributed by atoms with Crippen molar-refractivity contribution in [3.63, 3.8) is 0 Å². The molecule has 0 radical (unpaired) electrons. The minimum Gasteiger partial charge on any atom is -0.462 e. The average Bonchev–Trinajstić information content (AvgIpc) is 2.59. The molecule has 0 unspecified atom stereocenters. The fourth-order valence-electron chi connectivity index (χ4n) is 2.38. The molecule has 0 aliphatic rings. The minimum atomic E-state index is -1.49. The largest absolute Gasteiger partial charge is 0.462 e. The number of nitro groups is 1. The summed E-state index contributed by atoms with van der Waals surface area (Å²) >= 11 is 0. The molecule has 0 atom stereocenters. The van der Waals surface area contributed by atoms with Crippen LogP contribution in [0.2, 0.25) is 0 Å². The molecule has 10 heteroatoms. The van der Waals surface area contributed by atoms with E-state index in [9.17, 15) is 24.5 Å². The Labute approximate surface area is 181 Å². The number of rotatable bonds is 8. The molecule has 0 aliphatic carbocycles. The highest BCUT2D eigenvalue weighted by atomic mass is 16.6. The van der Waals surface area contributed by atoms with Gasteiger partial charge in [-0.05, 0) is 59.2 Å². The van der Waals surface area contributed by atoms with Gasteiger partial charge in [-0.2, -0.15) is 4.90 Å². The van der Waals surface area contributed by atoms with E-state index in [0.29, 0.717) is 11.3 Å². The van der Waals surface area contributed by atoms with Crippen molar-refractivity contribution >= 4 is 23.8 Å². The minimum absolute atomic E-state index is 0.00101. The summed E-state index contributed by atoms with van der Waals surface area (Å²) in [6, 6.07) is 5.65. The average molecular weight is 438 g/mol. The molecule has 1 aromatic carbocycles. The molecule has 0 aromatic heterocycles. The number of anilines is 1. The van der Waals surface area contributed by atoms with Gasteiger partial charge in [-0.1, -0.05) is 19.4 Å². The number of ether oxygens (including phenoxy) is 3. The molecule has 2 amide bonds. The molecule has 0 bridgehead atoms. The van der Waals surface area contributed by atoms with Crippen LogP contribution in [-0.4, -0.2) is 47.4 Å². The zero-order valence-corrected chi connectivity index (χ0v) is 18.8. The lowest BCUT2D eigenvalue weighted by atomic mass is 10.1. The van der Waals surface area contributed by atoms with Crippen LogP contribution in [0.4, 0.5) is 15.3 Å². The van der Waals surface area contributed by atoms with Gasteiger partial charge in [0.2, 0.25) is 6.54 Å². The van der Waals surface area contributed by atoms with E-state index in [2.05, 4.69) is 0 Å². The lowest BCUT2D eigenvalue weighted by molar-refractivity contribution is -0.497. The second-order valence-corrected chi connectivity index (χ2v) is 8.47. The number of hydrogen-bond acceptors (Lipinski definition) is 8. The predicted octanol–water partition coefficient (Wildman–Crippen LogP) is 4.58. The fraction of sp³-hybridized carbons (Fsp3) is 0.571. The van der Waals surface area contributed by atoms with Gasteiger partial charge in [0, 0.05) is 4.92 Å². The number of benzene rings is 1. The highest BCUT2D eigenvalue weighted by Crippen LogP contribution is 2.23. The maximum absolute atomic E-state index is 12.8. The van der Waals surface area contributed by atoms with Crippen molar-refractivity contribution in [1.29, 1.82) is 0 Å². The Balaban J connectivity index is 3.24. The molecule has 172 valence electrons. The van der Waals surface area contributed by atoms with Gasteiger partial charge >= 0.3 is 18.2 Å². The molecule has 0 aliphatic heterocycles. The van der Waals surface area contributed by atoms with Gasteiger partial charge in [0.25, 0.3) is 0 Å². The van der Waals surface area contributed by atoms with E-state index in [1.165, 1.54) is 38.1 Å². The predicted molar refractivity (Wildman–Crippen MR) is 113 cm³/mol. The maximum Gasteiger partial charge on any atom is 0.424 e. The van der Waals surface area contributed by atoms with Crippen LogP contribution < -0.4 is 4.90 Å². The number of esters is 1. The molecule has 0 saturated carbocycles. The molecular formula is C21H30N2O8. The summed E-state index contributed by atoms with van der Waals surface area (Å²) in [6.07, 6.45) is -0.665. The third kappa shape index (κ3) is 9.02. The Hall–Kier alpha value is -3.17. The maximum atomic E-state index is 12.8. The van der Waals surface area contributed by atoms with Crippen molar-refractivity contribution in [3.8, 4) is 0 Å². The Bertz CT molecular complexity index is 814. The number of carbonyl (C=O) groups is 3. The topological polar surface area (TPSA) is 125 Å². The Morgan fingerprint density at radius 2 is 1.68 bits per heavy atom. The van der Waals surface area contributed by atoms with E-state index in [4.69, 9.17) is 14.2 Å². The van der Waals surface area contributed by atoms with Crippen molar-refractivity contribution in [1.82, 2.24) is 0 Å². The van der Waals surface area contributed by atoms with Crippen LogP contribution >= 0.6 is 0 Å². The SMILES string of the molecule is CCCCOC(=O)c1cccc(N(C(=O)OC(C)(C)C)C(=O)OC(C)(C)C[N+](=O)[O-])c1. The molecular weight excluding hydrogens is 408 g/mol. The van der Waals surface area contributed by atoms with Crippen LogP contribution in [0.5, 0.6) is 0 Å². The molecule has 0 N–H and O–H groups in total. The van der Waals surface area contributed by atoms with E-state index >= 15 is 0 Å². The summed E-state index contributed by atoms with van der Waals surface area (Å²) in [4.78, 5) is 48.7. The van der Waals surface area contributed by atoms with Gasteiger partial charge in [-0.15, -0.1) is 0 Å². The molecule has 0 saturated heterocycles. The Morgan fingerprint density at radius 1 is 1.06 bits per heavy atom. The normalized spacial score (nSPS) is 11.4. The molecule has 0 fully saturated rings. The van der Waals surface area contributed by atoms with Gasteiger partial charge in [0.05, 0.1) is 17.9 Å². The van der Waals surface area contributed by atoms with Crippen molar-refractivity contribution in [2.75, 3.05) is 18.1 Å². The quantitative estimate of drug-likeness (QED) is 0.190. The zero-order valence-electron chi connectivity index (χ0n) is 18.8. The van der Waals surface area contributed by atoms with E-state index in [1.54, 1.807) is 20.8 Å². The van der Waals surface area contributed by atoms with E-state index in [-0.39, 0.29) is 17.9 Å². The number of unbranched alkanes of at least 4 members (excludes halogenated alkanes) is 1. The van der Waals surface area contributed by atoms with Crippen molar-refractivity contribution < 1.29 is 33.5 Å². The van der Waals surface area contributed by atoms with Crippen LogP contribution in [0, 0.1) is 10.1 Å². The van der Waals surface area contributed by atoms with Gasteiger partial charge in [-0.3, -0.25) is 10.1 Å². The summed E-state index contributed by atoms with van der Waals surface area (Å²) in [5, 5.41) is 10.8. The van der Waals surface area contributed by atoms with Crippen LogP contribution in [0.3, 0.4) is 0 Å². The fourth-order valence-corrected chi connectivity index (χ4v) is 2.38. The van der Waals surface area contributed by atoms with E-state index in [1.807, 2.05) is 6.92 Å². The van der Waals surface area contributed by atoms with Crippen molar-refractivity contribution in [2.24, 2.45) is 0 Å². The first-order valence-corrected chi connectivity index (χ1v) is 9.91. The number of nitrogens with zero attached hydrogens (tertiary/aromatic N) is 2. The zero-order chi connectivity index (χ0) is 23.8. The first-order chi connectivity index (χ1) is 14.3. The number of amides is 2. The summed E-state index contributed by atoms with van der Waals surface area (Å²) in [6.45, 7) is 9.09. The van der Waals surface area contributed by atoms with Gasteiger partial charge < -0.3 is 14.2 Å². The smallest absolute Gasteiger partial charge is 0.424 e. The Kier molecular flexibility index (Phi) is 8.96. The summed E-state index contributed by atoms with van der Waals surface area (Å²) in [5.41, 5.74) is -2.29. The molecule has 0 spiro atoms. The van der Waals surface area contributed by atoms with Crippen LogP contribution in [0.25, 0.3) is 0 Å². The summed E-state index contributed by atoms with van der Waals surface area (Å²) in [5.74, 6) is -0.610. The standard InChI is InChI=1S/C21H30N2O8/c1-7-8-12-29-17(24)15-10-9-11-16(13-15)23(18(25)30-20(2,3)4)19(26)31-21(5,6)14-22(27)28/h9-11,13H,7-8,12,14H2,1-6H3. The lowest BCUT2D eigenvalue weighted by Crippen LogP contribution is -2.46. The highest BCUT2D eigenvalue weighted by Gasteiger charge is 2.36. The van der Waals surface area contributed by atoms with Gasteiger partial charge in [0.1, 0.15) is 5.60 Å². The highest BCUT2D eigenvalue weighted by molar-refractivity contribution is 6.10. The van der Waals surface area contributed by atoms with E-state index < -0.39 is 40.8 Å². The summed E-state index contributed by atoms with van der Waals surface area (Å²) in [7, 11) is 0. The van der Waals surface area contributed by atoms with Crippen molar-refractivity contribution in [3.05, 3.63) is 39.9 Å². The van der Waals surface area contributed by atoms with E-state index in [0.717, 1.165) is 6.42 Å². The first kappa shape index (κ1) is 25.9. The van der Waals surface area contributed by atoms with Gasteiger partial charge in [0.15, 0.2) is 5.60 Å². The number of imide groups is 1. The van der Waals surface area contributed by atoms with Crippen molar-refractivity contribution in [2.45, 2.75) is 65.6 Å². The number of hydrogen-bond donors (Lipinski definition) is 0. The molecule has 10 nitrogen and oxygen atoms in total.